The lowest BCUT2D eigenvalue weighted by Crippen LogP contribution is -2.13. The lowest BCUT2D eigenvalue weighted by molar-refractivity contribution is 0.102. The molecule has 4 rings (SSSR count). The largest absolute Gasteiger partial charge is 0.490 e. The van der Waals surface area contributed by atoms with Gasteiger partial charge in [-0.3, -0.25) is 10.1 Å². The number of aromatic nitrogens is 2. The Morgan fingerprint density at radius 1 is 0.939 bits per heavy atom. The van der Waals surface area contributed by atoms with Crippen molar-refractivity contribution in [2.45, 2.75) is 27.2 Å². The number of nitrogens with one attached hydrogen (secondary N) is 1. The smallest absolute Gasteiger partial charge is 0.322 e. The highest BCUT2D eigenvalue weighted by Gasteiger charge is 2.20. The molecule has 1 aromatic heterocycles. The van der Waals surface area contributed by atoms with E-state index in [1.165, 1.54) is 0 Å². The Bertz CT molecular complexity index is 1100. The third-order valence-electron chi connectivity index (χ3n) is 4.65. The van der Waals surface area contributed by atoms with Crippen molar-refractivity contribution in [2.24, 2.45) is 0 Å². The molecule has 10 heteroatoms. The van der Waals surface area contributed by atoms with Gasteiger partial charge in [0.05, 0.1) is 26.2 Å². The Kier molecular flexibility index (Phi) is 6.82. The summed E-state index contributed by atoms with van der Waals surface area (Å²) in [4.78, 5) is 12.9. The molecule has 3 aromatic rings. The fourth-order valence-electron chi connectivity index (χ4n) is 3.29. The minimum atomic E-state index is -0.446. The molecule has 2 aromatic carbocycles. The first-order valence-corrected chi connectivity index (χ1v) is 10.7. The second-order valence-corrected chi connectivity index (χ2v) is 6.92. The number of carbonyl (C=O) groups is 1. The highest BCUT2D eigenvalue weighted by molar-refractivity contribution is 6.04. The van der Waals surface area contributed by atoms with E-state index in [0.717, 1.165) is 5.56 Å². The Morgan fingerprint density at radius 2 is 1.64 bits per heavy atom. The second-order valence-electron chi connectivity index (χ2n) is 6.92. The predicted octanol–water partition coefficient (Wildman–Crippen LogP) is 3.84. The van der Waals surface area contributed by atoms with E-state index in [2.05, 4.69) is 15.5 Å². The number of hydrogen-bond acceptors (Lipinski definition) is 9. The lowest BCUT2D eigenvalue weighted by atomic mass is 10.1. The molecule has 174 valence electrons. The van der Waals surface area contributed by atoms with Gasteiger partial charge in [0, 0.05) is 5.56 Å². The SMILES string of the molecule is CCOc1cc(C(=O)Nc2nnc(Cc3ccc4c(c3)OCO4)o2)cc(OCC)c1OCC. The van der Waals surface area contributed by atoms with Crippen LogP contribution in [0.5, 0.6) is 28.7 Å². The van der Waals surface area contributed by atoms with Gasteiger partial charge in [-0.25, -0.2) is 0 Å². The van der Waals surface area contributed by atoms with Crippen molar-refractivity contribution in [3.8, 4) is 28.7 Å². The van der Waals surface area contributed by atoms with Crippen molar-refractivity contribution in [2.75, 3.05) is 31.9 Å². The fraction of sp³-hybridized carbons (Fsp3) is 0.348. The molecule has 0 fully saturated rings. The molecule has 33 heavy (non-hydrogen) atoms. The lowest BCUT2D eigenvalue weighted by Gasteiger charge is -2.16. The van der Waals surface area contributed by atoms with Crippen molar-refractivity contribution in [1.29, 1.82) is 0 Å². The zero-order valence-corrected chi connectivity index (χ0v) is 18.7. The van der Waals surface area contributed by atoms with Gasteiger partial charge in [0.2, 0.25) is 18.4 Å². The number of ether oxygens (including phenoxy) is 5. The Hall–Kier alpha value is -3.95. The van der Waals surface area contributed by atoms with Gasteiger partial charge in [-0.05, 0) is 50.6 Å². The van der Waals surface area contributed by atoms with E-state index in [9.17, 15) is 4.79 Å². The monoisotopic (exact) mass is 455 g/mol. The van der Waals surface area contributed by atoms with Crippen molar-refractivity contribution in [3.63, 3.8) is 0 Å². The predicted molar refractivity (Wildman–Crippen MR) is 118 cm³/mol. The maximum absolute atomic E-state index is 12.9. The summed E-state index contributed by atoms with van der Waals surface area (Å²) in [7, 11) is 0. The molecule has 0 atom stereocenters. The van der Waals surface area contributed by atoms with Crippen LogP contribution in [-0.4, -0.2) is 42.7 Å². The Balaban J connectivity index is 1.49. The van der Waals surface area contributed by atoms with Gasteiger partial charge in [0.15, 0.2) is 23.0 Å². The zero-order valence-electron chi connectivity index (χ0n) is 18.7. The zero-order chi connectivity index (χ0) is 23.2. The average Bonchev–Trinajstić information content (AvgIpc) is 3.45. The number of hydrogen-bond donors (Lipinski definition) is 1. The van der Waals surface area contributed by atoms with Crippen LogP contribution in [0.2, 0.25) is 0 Å². The average molecular weight is 455 g/mol. The van der Waals surface area contributed by atoms with E-state index < -0.39 is 5.91 Å². The fourth-order valence-corrected chi connectivity index (χ4v) is 3.29. The normalized spacial score (nSPS) is 11.8. The summed E-state index contributed by atoms with van der Waals surface area (Å²) >= 11 is 0. The summed E-state index contributed by atoms with van der Waals surface area (Å²) in [5, 5.41) is 10.6. The van der Waals surface area contributed by atoms with E-state index in [-0.39, 0.29) is 12.8 Å². The van der Waals surface area contributed by atoms with Gasteiger partial charge >= 0.3 is 6.01 Å². The number of nitrogens with zero attached hydrogens (tertiary/aromatic N) is 2. The summed E-state index contributed by atoms with van der Waals surface area (Å²) < 4.78 is 33.3. The molecule has 10 nitrogen and oxygen atoms in total. The van der Waals surface area contributed by atoms with Gasteiger partial charge in [-0.15, -0.1) is 5.10 Å². The van der Waals surface area contributed by atoms with Crippen LogP contribution in [-0.2, 0) is 6.42 Å². The number of anilines is 1. The number of benzene rings is 2. The van der Waals surface area contributed by atoms with E-state index in [0.29, 0.717) is 66.4 Å². The molecular weight excluding hydrogens is 430 g/mol. The molecule has 1 aliphatic heterocycles. The molecule has 0 radical (unpaired) electrons. The van der Waals surface area contributed by atoms with Crippen LogP contribution in [0.1, 0.15) is 42.6 Å². The van der Waals surface area contributed by atoms with E-state index in [4.69, 9.17) is 28.1 Å². The van der Waals surface area contributed by atoms with Gasteiger partial charge in [-0.1, -0.05) is 11.2 Å². The highest BCUT2D eigenvalue weighted by atomic mass is 16.7. The highest BCUT2D eigenvalue weighted by Crippen LogP contribution is 2.39. The molecule has 1 aliphatic rings. The third-order valence-corrected chi connectivity index (χ3v) is 4.65. The van der Waals surface area contributed by atoms with Crippen molar-refractivity contribution in [3.05, 3.63) is 47.3 Å². The second kappa shape index (κ2) is 10.1. The summed E-state index contributed by atoms with van der Waals surface area (Å²) in [6, 6.07) is 8.75. The topological polar surface area (TPSA) is 114 Å². The molecule has 0 unspecified atom stereocenters. The third kappa shape index (κ3) is 5.11. The summed E-state index contributed by atoms with van der Waals surface area (Å²) in [5.41, 5.74) is 1.22. The molecule has 0 aliphatic carbocycles. The number of fused-ring (bicyclic) bond motifs is 1. The number of rotatable bonds is 10. The van der Waals surface area contributed by atoms with Crippen LogP contribution in [0, 0.1) is 0 Å². The number of amides is 1. The maximum atomic E-state index is 12.9. The van der Waals surface area contributed by atoms with E-state index >= 15 is 0 Å². The first-order chi connectivity index (χ1) is 16.1. The molecular formula is C23H25N3O7. The van der Waals surface area contributed by atoms with Gasteiger partial charge in [-0.2, -0.15) is 0 Å². The van der Waals surface area contributed by atoms with Crippen LogP contribution in [0.15, 0.2) is 34.7 Å². The van der Waals surface area contributed by atoms with Crippen LogP contribution >= 0.6 is 0 Å². The van der Waals surface area contributed by atoms with E-state index in [1.807, 2.05) is 39.0 Å². The van der Waals surface area contributed by atoms with Crippen molar-refractivity contribution < 1.29 is 32.9 Å². The van der Waals surface area contributed by atoms with Crippen LogP contribution in [0.4, 0.5) is 6.01 Å². The first-order valence-electron chi connectivity index (χ1n) is 10.7. The van der Waals surface area contributed by atoms with Crippen LogP contribution in [0.3, 0.4) is 0 Å². The first kappa shape index (κ1) is 22.3. The van der Waals surface area contributed by atoms with Gasteiger partial charge < -0.3 is 28.1 Å². The molecule has 0 saturated heterocycles. The molecule has 1 amide bonds. The van der Waals surface area contributed by atoms with Crippen LogP contribution in [0.25, 0.3) is 0 Å². The van der Waals surface area contributed by atoms with Crippen molar-refractivity contribution in [1.82, 2.24) is 10.2 Å². The summed E-state index contributed by atoms with van der Waals surface area (Å²) in [5.74, 6) is 2.58. The summed E-state index contributed by atoms with van der Waals surface area (Å²) in [6.45, 7) is 7.01. The quantitative estimate of drug-likeness (QED) is 0.487. The molecule has 1 N–H and O–H groups in total. The van der Waals surface area contributed by atoms with Crippen molar-refractivity contribution >= 4 is 11.9 Å². The van der Waals surface area contributed by atoms with E-state index in [1.54, 1.807) is 12.1 Å². The molecule has 2 heterocycles. The minimum absolute atomic E-state index is 0.0134. The summed E-state index contributed by atoms with van der Waals surface area (Å²) in [6.07, 6.45) is 0.380. The Morgan fingerprint density at radius 3 is 2.33 bits per heavy atom. The molecule has 0 spiro atoms. The maximum Gasteiger partial charge on any atom is 0.322 e. The van der Waals surface area contributed by atoms with Gasteiger partial charge in [0.1, 0.15) is 0 Å². The number of carbonyl (C=O) groups excluding carboxylic acids is 1. The van der Waals surface area contributed by atoms with Crippen LogP contribution < -0.4 is 29.0 Å². The minimum Gasteiger partial charge on any atom is -0.490 e. The standard InChI is InChI=1S/C23H25N3O7/c1-4-28-18-11-15(12-19(29-5-2)21(18)30-6-3)22(27)24-23-26-25-20(33-23)10-14-7-8-16-17(9-14)32-13-31-16/h7-9,11-12H,4-6,10,13H2,1-3H3,(H,24,26,27). The Labute approximate surface area is 190 Å². The van der Waals surface area contributed by atoms with Gasteiger partial charge in [0.25, 0.3) is 5.91 Å². The molecule has 0 bridgehead atoms. The molecule has 0 saturated carbocycles.